The number of methoxy groups -OCH3 is 1. The van der Waals surface area contributed by atoms with Crippen LogP contribution in [0.15, 0.2) is 30.3 Å². The predicted octanol–water partition coefficient (Wildman–Crippen LogP) is 1.31. The van der Waals surface area contributed by atoms with Crippen LogP contribution in [-0.2, 0) is 0 Å². The van der Waals surface area contributed by atoms with Crippen molar-refractivity contribution < 1.29 is 9.47 Å². The summed E-state index contributed by atoms with van der Waals surface area (Å²) in [5, 5.41) is 9.34. The van der Waals surface area contributed by atoms with Gasteiger partial charge in [-0.15, -0.1) is 0 Å². The van der Waals surface area contributed by atoms with Gasteiger partial charge in [0, 0.05) is 14.1 Å². The molecule has 120 valence electrons. The van der Waals surface area contributed by atoms with Gasteiger partial charge in [-0.3, -0.25) is 0 Å². The molecule has 0 unspecified atom stereocenters. The van der Waals surface area contributed by atoms with Crippen LogP contribution in [0.4, 0.5) is 11.9 Å². The Morgan fingerprint density at radius 2 is 1.78 bits per heavy atom. The molecule has 0 amide bonds. The molecule has 2 aromatic rings. The van der Waals surface area contributed by atoms with Crippen molar-refractivity contribution in [3.63, 3.8) is 0 Å². The Kier molecular flexibility index (Phi) is 5.52. The Morgan fingerprint density at radius 3 is 2.39 bits per heavy atom. The van der Waals surface area contributed by atoms with Crippen LogP contribution >= 0.6 is 0 Å². The average molecular weight is 314 g/mol. The Labute approximate surface area is 134 Å². The van der Waals surface area contributed by atoms with Crippen LogP contribution in [0.2, 0.25) is 0 Å². The van der Waals surface area contributed by atoms with E-state index in [-0.39, 0.29) is 12.0 Å². The number of nitriles is 1. The van der Waals surface area contributed by atoms with Gasteiger partial charge >= 0.3 is 6.01 Å². The normalized spacial score (nSPS) is 9.83. The van der Waals surface area contributed by atoms with E-state index in [2.05, 4.69) is 15.0 Å². The van der Waals surface area contributed by atoms with Crippen molar-refractivity contribution in [2.45, 2.75) is 0 Å². The molecule has 0 radical (unpaired) electrons. The highest BCUT2D eigenvalue weighted by molar-refractivity contribution is 5.42. The molecule has 0 N–H and O–H groups in total. The molecule has 0 spiro atoms. The van der Waals surface area contributed by atoms with Gasteiger partial charge < -0.3 is 14.4 Å². The number of nitrogens with zero attached hydrogens (tertiary/aromatic N) is 6. The average Bonchev–Trinajstić information content (AvgIpc) is 2.59. The quantitative estimate of drug-likeness (QED) is 0.558. The highest BCUT2D eigenvalue weighted by Crippen LogP contribution is 2.16. The van der Waals surface area contributed by atoms with E-state index in [4.69, 9.17) is 9.47 Å². The Hall–Kier alpha value is -3.08. The molecular formula is C15H18N6O2. The fraction of sp³-hybridized carbons (Fsp3) is 0.333. The number of aromatic nitrogens is 3. The van der Waals surface area contributed by atoms with Crippen molar-refractivity contribution in [1.29, 1.82) is 5.26 Å². The molecule has 8 nitrogen and oxygen atoms in total. The molecular weight excluding hydrogens is 296 g/mol. The van der Waals surface area contributed by atoms with Crippen molar-refractivity contribution in [2.75, 3.05) is 44.2 Å². The lowest BCUT2D eigenvalue weighted by Gasteiger charge is -2.17. The molecule has 8 heteroatoms. The fourth-order valence-electron chi connectivity index (χ4n) is 1.71. The van der Waals surface area contributed by atoms with Crippen LogP contribution in [0.3, 0.4) is 0 Å². The van der Waals surface area contributed by atoms with Crippen molar-refractivity contribution in [1.82, 2.24) is 15.0 Å². The summed E-state index contributed by atoms with van der Waals surface area (Å²) in [6.45, 7) is 0.633. The minimum absolute atomic E-state index is 0.155. The third kappa shape index (κ3) is 4.44. The standard InChI is InChI=1S/C15H18N6O2/c1-20(2)13-17-14(19-15(18-13)22-3)21(11-16)9-10-23-12-7-5-4-6-8-12/h4-8H,9-10H2,1-3H3. The van der Waals surface area contributed by atoms with Gasteiger partial charge in [-0.25, -0.2) is 4.90 Å². The van der Waals surface area contributed by atoms with Crippen LogP contribution in [0.25, 0.3) is 0 Å². The van der Waals surface area contributed by atoms with E-state index < -0.39 is 0 Å². The molecule has 0 bridgehead atoms. The molecule has 0 saturated heterocycles. The smallest absolute Gasteiger partial charge is 0.322 e. The molecule has 2 rings (SSSR count). The first kappa shape index (κ1) is 16.3. The molecule has 1 heterocycles. The van der Waals surface area contributed by atoms with Crippen LogP contribution in [0.1, 0.15) is 0 Å². The number of hydrogen-bond donors (Lipinski definition) is 0. The van der Waals surface area contributed by atoms with Crippen molar-refractivity contribution in [2.24, 2.45) is 0 Å². The second-order valence-electron chi connectivity index (χ2n) is 4.73. The van der Waals surface area contributed by atoms with Gasteiger partial charge in [0.1, 0.15) is 12.4 Å². The van der Waals surface area contributed by atoms with Crippen molar-refractivity contribution >= 4 is 11.9 Å². The zero-order valence-electron chi connectivity index (χ0n) is 13.3. The molecule has 0 atom stereocenters. The van der Waals surface area contributed by atoms with Gasteiger partial charge in [-0.1, -0.05) is 18.2 Å². The van der Waals surface area contributed by atoms with Crippen LogP contribution < -0.4 is 19.3 Å². The summed E-state index contributed by atoms with van der Waals surface area (Å²) in [5.74, 6) is 1.38. The third-order valence-electron chi connectivity index (χ3n) is 2.86. The second-order valence-corrected chi connectivity index (χ2v) is 4.73. The first-order valence-corrected chi connectivity index (χ1v) is 6.96. The second kappa shape index (κ2) is 7.79. The maximum atomic E-state index is 9.34. The topological polar surface area (TPSA) is 87.4 Å². The number of rotatable bonds is 7. The monoisotopic (exact) mass is 314 g/mol. The lowest BCUT2D eigenvalue weighted by Crippen LogP contribution is -2.26. The lowest BCUT2D eigenvalue weighted by atomic mass is 10.3. The molecule has 0 aliphatic heterocycles. The van der Waals surface area contributed by atoms with Gasteiger partial charge in [0.15, 0.2) is 6.19 Å². The first-order chi connectivity index (χ1) is 11.1. The summed E-state index contributed by atoms with van der Waals surface area (Å²) >= 11 is 0. The summed E-state index contributed by atoms with van der Waals surface area (Å²) in [7, 11) is 5.06. The van der Waals surface area contributed by atoms with Crippen LogP contribution in [0, 0.1) is 11.5 Å². The zero-order valence-corrected chi connectivity index (χ0v) is 13.3. The summed E-state index contributed by atoms with van der Waals surface area (Å²) in [4.78, 5) is 15.5. The number of hydrogen-bond acceptors (Lipinski definition) is 8. The molecule has 23 heavy (non-hydrogen) atoms. The van der Waals surface area contributed by atoms with Gasteiger partial charge in [0.05, 0.1) is 13.7 Å². The van der Waals surface area contributed by atoms with Crippen LogP contribution in [-0.4, -0.2) is 49.3 Å². The predicted molar refractivity (Wildman–Crippen MR) is 85.6 cm³/mol. The van der Waals surface area contributed by atoms with E-state index in [1.54, 1.807) is 19.0 Å². The van der Waals surface area contributed by atoms with E-state index in [1.807, 2.05) is 36.5 Å². The molecule has 1 aromatic carbocycles. The molecule has 1 aromatic heterocycles. The number of benzene rings is 1. The maximum absolute atomic E-state index is 9.34. The SMILES string of the molecule is COc1nc(N(C)C)nc(N(C#N)CCOc2ccccc2)n1. The van der Waals surface area contributed by atoms with E-state index >= 15 is 0 Å². The van der Waals surface area contributed by atoms with Gasteiger partial charge in [-0.05, 0) is 12.1 Å². The highest BCUT2D eigenvalue weighted by atomic mass is 16.5. The minimum atomic E-state index is 0.155. The largest absolute Gasteiger partial charge is 0.492 e. The highest BCUT2D eigenvalue weighted by Gasteiger charge is 2.15. The lowest BCUT2D eigenvalue weighted by molar-refractivity contribution is 0.326. The van der Waals surface area contributed by atoms with Crippen LogP contribution in [0.5, 0.6) is 11.8 Å². The van der Waals surface area contributed by atoms with Crippen molar-refractivity contribution in [3.05, 3.63) is 30.3 Å². The first-order valence-electron chi connectivity index (χ1n) is 6.96. The number of anilines is 2. The van der Waals surface area contributed by atoms with Gasteiger partial charge in [0.2, 0.25) is 11.9 Å². The molecule has 0 fully saturated rings. The number of ether oxygens (including phenoxy) is 2. The van der Waals surface area contributed by atoms with Gasteiger partial charge in [-0.2, -0.15) is 20.2 Å². The van der Waals surface area contributed by atoms with Gasteiger partial charge in [0.25, 0.3) is 0 Å². The Bertz CT molecular complexity index is 671. The van der Waals surface area contributed by atoms with E-state index in [9.17, 15) is 5.26 Å². The zero-order chi connectivity index (χ0) is 16.7. The van der Waals surface area contributed by atoms with E-state index in [0.29, 0.717) is 19.1 Å². The molecule has 0 saturated carbocycles. The summed E-state index contributed by atoms with van der Waals surface area (Å²) in [6, 6.07) is 9.55. The van der Waals surface area contributed by atoms with E-state index in [1.165, 1.54) is 12.0 Å². The maximum Gasteiger partial charge on any atom is 0.322 e. The Morgan fingerprint density at radius 1 is 1.09 bits per heavy atom. The molecule has 0 aliphatic rings. The Balaban J connectivity index is 2.08. The summed E-state index contributed by atoms with van der Waals surface area (Å²) in [5.41, 5.74) is 0. The molecule has 0 aliphatic carbocycles. The third-order valence-corrected chi connectivity index (χ3v) is 2.86. The number of para-hydroxylation sites is 1. The summed E-state index contributed by atoms with van der Waals surface area (Å²) < 4.78 is 10.6. The fourth-order valence-corrected chi connectivity index (χ4v) is 1.71. The van der Waals surface area contributed by atoms with E-state index in [0.717, 1.165) is 5.75 Å². The van der Waals surface area contributed by atoms with Crippen molar-refractivity contribution in [3.8, 4) is 18.0 Å². The minimum Gasteiger partial charge on any atom is -0.492 e. The summed E-state index contributed by atoms with van der Waals surface area (Å²) in [6.07, 6.45) is 2.05.